The summed E-state index contributed by atoms with van der Waals surface area (Å²) in [5, 5.41) is 3.20. The molecule has 1 fully saturated rings. The normalized spacial score (nSPS) is 20.2. The molecule has 2 rings (SSSR count). The number of anilines is 1. The first-order valence-electron chi connectivity index (χ1n) is 6.65. The molecule has 0 radical (unpaired) electrons. The predicted molar refractivity (Wildman–Crippen MR) is 74.5 cm³/mol. The molecule has 0 amide bonds. The van der Waals surface area contributed by atoms with Crippen molar-refractivity contribution in [1.29, 1.82) is 0 Å². The number of benzene rings is 1. The Kier molecular flexibility index (Phi) is 3.62. The minimum atomic E-state index is -0.104. The van der Waals surface area contributed by atoms with E-state index in [-0.39, 0.29) is 17.3 Å². The molecule has 18 heavy (non-hydrogen) atoms. The molecule has 1 aromatic carbocycles. The molecule has 0 saturated carbocycles. The molecule has 1 saturated heterocycles. The summed E-state index contributed by atoms with van der Waals surface area (Å²) in [6.45, 7) is 8.43. The van der Waals surface area contributed by atoms with Crippen LogP contribution in [-0.2, 0) is 0 Å². The van der Waals surface area contributed by atoms with E-state index in [0.717, 1.165) is 30.8 Å². The maximum absolute atomic E-state index is 14.2. The maximum Gasteiger partial charge on any atom is 0.146 e. The number of hydrogen-bond donors (Lipinski definition) is 1. The minimum Gasteiger partial charge on any atom is -0.368 e. The van der Waals surface area contributed by atoms with Crippen molar-refractivity contribution in [2.45, 2.75) is 33.2 Å². The summed E-state index contributed by atoms with van der Waals surface area (Å²) in [6.07, 6.45) is 1.12. The molecular weight excluding hydrogens is 227 g/mol. The van der Waals surface area contributed by atoms with Gasteiger partial charge in [-0.1, -0.05) is 26.0 Å². The molecule has 1 aromatic rings. The van der Waals surface area contributed by atoms with Gasteiger partial charge in [0.15, 0.2) is 0 Å². The van der Waals surface area contributed by atoms with Crippen LogP contribution in [0.3, 0.4) is 0 Å². The van der Waals surface area contributed by atoms with Crippen LogP contribution in [0, 0.1) is 11.2 Å². The quantitative estimate of drug-likeness (QED) is 0.885. The summed E-state index contributed by atoms with van der Waals surface area (Å²) in [5.41, 5.74) is 2.11. The highest BCUT2D eigenvalue weighted by Gasteiger charge is 2.32. The van der Waals surface area contributed by atoms with Crippen LogP contribution in [0.15, 0.2) is 18.2 Å². The van der Waals surface area contributed by atoms with Gasteiger partial charge >= 0.3 is 0 Å². The van der Waals surface area contributed by atoms with Gasteiger partial charge in [-0.05, 0) is 37.4 Å². The van der Waals surface area contributed by atoms with Gasteiger partial charge in [0, 0.05) is 19.1 Å². The molecule has 1 N–H and O–H groups in total. The average molecular weight is 250 g/mol. The van der Waals surface area contributed by atoms with Gasteiger partial charge in [0.1, 0.15) is 5.82 Å². The maximum atomic E-state index is 14.2. The molecule has 100 valence electrons. The molecule has 0 spiro atoms. The van der Waals surface area contributed by atoms with Crippen LogP contribution in [-0.4, -0.2) is 20.1 Å². The second kappa shape index (κ2) is 4.88. The van der Waals surface area contributed by atoms with E-state index in [2.05, 4.69) is 31.0 Å². The molecule has 0 aliphatic carbocycles. The zero-order valence-electron chi connectivity index (χ0n) is 11.8. The van der Waals surface area contributed by atoms with E-state index in [1.165, 1.54) is 0 Å². The van der Waals surface area contributed by atoms with Gasteiger partial charge in [0.05, 0.1) is 5.69 Å². The van der Waals surface area contributed by atoms with Crippen LogP contribution in [0.2, 0.25) is 0 Å². The first kappa shape index (κ1) is 13.3. The van der Waals surface area contributed by atoms with Crippen molar-refractivity contribution in [1.82, 2.24) is 5.32 Å². The summed E-state index contributed by atoms with van der Waals surface area (Å²) < 4.78 is 14.2. The Balaban J connectivity index is 2.37. The molecule has 1 aliphatic rings. The minimum absolute atomic E-state index is 0.104. The van der Waals surface area contributed by atoms with Crippen molar-refractivity contribution >= 4 is 5.69 Å². The van der Waals surface area contributed by atoms with Gasteiger partial charge in [-0.15, -0.1) is 0 Å². The van der Waals surface area contributed by atoms with Gasteiger partial charge in [-0.3, -0.25) is 0 Å². The van der Waals surface area contributed by atoms with Crippen molar-refractivity contribution in [3.05, 3.63) is 29.6 Å². The average Bonchev–Trinajstić information content (AvgIpc) is 2.68. The topological polar surface area (TPSA) is 15.3 Å². The van der Waals surface area contributed by atoms with E-state index in [4.69, 9.17) is 0 Å². The number of halogens is 1. The third kappa shape index (κ3) is 2.51. The largest absolute Gasteiger partial charge is 0.368 e. The third-order valence-corrected chi connectivity index (χ3v) is 3.91. The second-order valence-corrected chi connectivity index (χ2v) is 6.02. The molecule has 1 atom stereocenters. The fraction of sp³-hybridized carbons (Fsp3) is 0.600. The highest BCUT2D eigenvalue weighted by molar-refractivity contribution is 5.57. The molecule has 0 aromatic heterocycles. The first-order valence-corrected chi connectivity index (χ1v) is 6.65. The Morgan fingerprint density at radius 2 is 2.11 bits per heavy atom. The van der Waals surface area contributed by atoms with E-state index in [0.29, 0.717) is 0 Å². The van der Waals surface area contributed by atoms with E-state index in [9.17, 15) is 4.39 Å². The summed E-state index contributed by atoms with van der Waals surface area (Å²) >= 11 is 0. The number of hydrogen-bond acceptors (Lipinski definition) is 2. The van der Waals surface area contributed by atoms with E-state index in [1.807, 2.05) is 13.1 Å². The lowest BCUT2D eigenvalue weighted by atomic mass is 9.93. The molecule has 1 unspecified atom stereocenters. The first-order chi connectivity index (χ1) is 8.44. The summed E-state index contributed by atoms with van der Waals surface area (Å²) in [6, 6.07) is 5.54. The zero-order valence-corrected chi connectivity index (χ0v) is 11.8. The second-order valence-electron chi connectivity index (χ2n) is 6.02. The fourth-order valence-corrected chi connectivity index (χ4v) is 2.67. The number of para-hydroxylation sites is 1. The Labute approximate surface area is 109 Å². The summed E-state index contributed by atoms with van der Waals surface area (Å²) in [5.74, 6) is -0.104. The van der Waals surface area contributed by atoms with Crippen molar-refractivity contribution in [3.63, 3.8) is 0 Å². The van der Waals surface area contributed by atoms with Crippen molar-refractivity contribution < 1.29 is 4.39 Å². The highest BCUT2D eigenvalue weighted by Crippen LogP contribution is 2.37. The van der Waals surface area contributed by atoms with Crippen LogP contribution in [0.5, 0.6) is 0 Å². The Hall–Kier alpha value is -1.09. The van der Waals surface area contributed by atoms with Crippen LogP contribution >= 0.6 is 0 Å². The van der Waals surface area contributed by atoms with E-state index in [1.54, 1.807) is 12.1 Å². The van der Waals surface area contributed by atoms with Crippen LogP contribution in [0.25, 0.3) is 0 Å². The number of nitrogens with zero attached hydrogens (tertiary/aromatic N) is 1. The van der Waals surface area contributed by atoms with Crippen LogP contribution in [0.4, 0.5) is 10.1 Å². The number of rotatable bonds is 3. The van der Waals surface area contributed by atoms with Gasteiger partial charge in [0.25, 0.3) is 0 Å². The van der Waals surface area contributed by atoms with Crippen molar-refractivity contribution in [2.24, 2.45) is 5.41 Å². The van der Waals surface area contributed by atoms with Gasteiger partial charge in [-0.2, -0.15) is 0 Å². The van der Waals surface area contributed by atoms with Gasteiger partial charge in [-0.25, -0.2) is 4.39 Å². The number of nitrogens with one attached hydrogen (secondary N) is 1. The SMILES string of the molecule is CNC(C)c1cccc(F)c1N1CCC(C)(C)C1. The predicted octanol–water partition coefficient (Wildman–Crippen LogP) is 3.34. The molecular formula is C15H23FN2. The monoisotopic (exact) mass is 250 g/mol. The highest BCUT2D eigenvalue weighted by atomic mass is 19.1. The van der Waals surface area contributed by atoms with Crippen LogP contribution in [0.1, 0.15) is 38.8 Å². The molecule has 2 nitrogen and oxygen atoms in total. The molecule has 3 heteroatoms. The summed E-state index contributed by atoms with van der Waals surface area (Å²) in [7, 11) is 1.91. The van der Waals surface area contributed by atoms with E-state index >= 15 is 0 Å². The van der Waals surface area contributed by atoms with Gasteiger partial charge < -0.3 is 10.2 Å². The molecule has 0 bridgehead atoms. The van der Waals surface area contributed by atoms with Crippen molar-refractivity contribution in [2.75, 3.05) is 25.0 Å². The fourth-order valence-electron chi connectivity index (χ4n) is 2.67. The Morgan fingerprint density at radius 3 is 2.67 bits per heavy atom. The lowest BCUT2D eigenvalue weighted by Gasteiger charge is -2.26. The molecule has 1 aliphatic heterocycles. The zero-order chi connectivity index (χ0) is 13.3. The smallest absolute Gasteiger partial charge is 0.146 e. The Morgan fingerprint density at radius 1 is 1.39 bits per heavy atom. The summed E-state index contributed by atoms with van der Waals surface area (Å²) in [4.78, 5) is 2.19. The van der Waals surface area contributed by atoms with Gasteiger partial charge in [0.2, 0.25) is 0 Å². The van der Waals surface area contributed by atoms with Crippen molar-refractivity contribution in [3.8, 4) is 0 Å². The Bertz CT molecular complexity index is 429. The van der Waals surface area contributed by atoms with Crippen LogP contribution < -0.4 is 10.2 Å². The standard InChI is InChI=1S/C15H23FN2/c1-11(17-4)12-6-5-7-13(16)14(12)18-9-8-15(2,3)10-18/h5-7,11,17H,8-10H2,1-4H3. The third-order valence-electron chi connectivity index (χ3n) is 3.91. The lowest BCUT2D eigenvalue weighted by Crippen LogP contribution is -2.26. The van der Waals surface area contributed by atoms with E-state index < -0.39 is 0 Å². The lowest BCUT2D eigenvalue weighted by molar-refractivity contribution is 0.418. The molecule has 1 heterocycles.